The first-order valence-electron chi connectivity index (χ1n) is 6.09. The van der Waals surface area contributed by atoms with Crippen molar-refractivity contribution < 1.29 is 9.53 Å². The van der Waals surface area contributed by atoms with Crippen molar-refractivity contribution in [2.75, 3.05) is 26.7 Å². The van der Waals surface area contributed by atoms with Crippen molar-refractivity contribution in [3.05, 3.63) is 12.2 Å². The molecule has 0 aromatic carbocycles. The average Bonchev–Trinajstić information content (AvgIpc) is 2.25. The Morgan fingerprint density at radius 3 is 2.44 bits per heavy atom. The lowest BCUT2D eigenvalue weighted by molar-refractivity contribution is -0.139. The molecule has 0 aromatic rings. The maximum absolute atomic E-state index is 11.0. The van der Waals surface area contributed by atoms with Gasteiger partial charge in [0.25, 0.3) is 0 Å². The fourth-order valence-electron chi connectivity index (χ4n) is 1.31. The zero-order chi connectivity index (χ0) is 12.4. The molecular formula is C13H25NO2. The fourth-order valence-corrected chi connectivity index (χ4v) is 1.31. The van der Waals surface area contributed by atoms with E-state index in [2.05, 4.69) is 25.5 Å². The largest absolute Gasteiger partial charge is 0.462 e. The molecule has 0 saturated heterocycles. The van der Waals surface area contributed by atoms with Gasteiger partial charge in [-0.15, -0.1) is 0 Å². The number of carbonyl (C=O) groups excluding carboxylic acids is 1. The number of carbonyl (C=O) groups is 1. The lowest BCUT2D eigenvalue weighted by Crippen LogP contribution is -2.21. The van der Waals surface area contributed by atoms with Gasteiger partial charge in [0.2, 0.25) is 0 Å². The molecule has 0 unspecified atom stereocenters. The van der Waals surface area contributed by atoms with E-state index in [1.165, 1.54) is 12.8 Å². The molecule has 0 bridgehead atoms. The normalized spacial score (nSPS) is 10.5. The Hall–Kier alpha value is -0.830. The second-order valence-corrected chi connectivity index (χ2v) is 4.28. The van der Waals surface area contributed by atoms with Crippen LogP contribution in [-0.4, -0.2) is 37.6 Å². The van der Waals surface area contributed by atoms with Crippen LogP contribution in [0.5, 0.6) is 0 Å². The molecule has 0 spiro atoms. The van der Waals surface area contributed by atoms with Gasteiger partial charge in [-0.2, -0.15) is 0 Å². The molecule has 0 heterocycles. The highest BCUT2D eigenvalue weighted by molar-refractivity contribution is 5.86. The predicted molar refractivity (Wildman–Crippen MR) is 67.4 cm³/mol. The molecule has 0 saturated carbocycles. The van der Waals surface area contributed by atoms with Gasteiger partial charge in [0.05, 0.1) is 6.61 Å². The van der Waals surface area contributed by atoms with Gasteiger partial charge in [0.15, 0.2) is 0 Å². The van der Waals surface area contributed by atoms with Crippen LogP contribution in [0, 0.1) is 0 Å². The van der Waals surface area contributed by atoms with Gasteiger partial charge < -0.3 is 9.64 Å². The Balaban J connectivity index is 3.33. The lowest BCUT2D eigenvalue weighted by atomic mass is 10.3. The fraction of sp³-hybridized carbons (Fsp3) is 0.769. The third-order valence-corrected chi connectivity index (χ3v) is 2.41. The first-order valence-corrected chi connectivity index (χ1v) is 6.09. The third-order valence-electron chi connectivity index (χ3n) is 2.41. The number of esters is 1. The van der Waals surface area contributed by atoms with Crippen molar-refractivity contribution in [1.82, 2.24) is 4.90 Å². The molecule has 0 rings (SSSR count). The SMILES string of the molecule is C=C(C)C(=O)OCCCCN(C)CCCC. The summed E-state index contributed by atoms with van der Waals surface area (Å²) in [5, 5.41) is 0. The molecule has 0 aliphatic rings. The minimum absolute atomic E-state index is 0.278. The van der Waals surface area contributed by atoms with Crippen molar-refractivity contribution in [1.29, 1.82) is 0 Å². The highest BCUT2D eigenvalue weighted by atomic mass is 16.5. The third kappa shape index (κ3) is 8.48. The molecule has 3 heteroatoms. The van der Waals surface area contributed by atoms with E-state index in [1.807, 2.05) is 0 Å². The highest BCUT2D eigenvalue weighted by Crippen LogP contribution is 1.98. The number of unbranched alkanes of at least 4 members (excludes halogenated alkanes) is 2. The van der Waals surface area contributed by atoms with Gasteiger partial charge in [0, 0.05) is 5.57 Å². The van der Waals surface area contributed by atoms with Gasteiger partial charge >= 0.3 is 5.97 Å². The Morgan fingerprint density at radius 1 is 1.25 bits per heavy atom. The lowest BCUT2D eigenvalue weighted by Gasteiger charge is -2.15. The highest BCUT2D eigenvalue weighted by Gasteiger charge is 2.02. The first kappa shape index (κ1) is 15.2. The summed E-state index contributed by atoms with van der Waals surface area (Å²) in [6.45, 7) is 10.1. The molecule has 3 nitrogen and oxygen atoms in total. The van der Waals surface area contributed by atoms with E-state index in [0.717, 1.165) is 25.9 Å². The smallest absolute Gasteiger partial charge is 0.333 e. The number of ether oxygens (including phenoxy) is 1. The van der Waals surface area contributed by atoms with E-state index in [4.69, 9.17) is 4.74 Å². The number of nitrogens with zero attached hydrogens (tertiary/aromatic N) is 1. The van der Waals surface area contributed by atoms with Crippen molar-refractivity contribution in [3.63, 3.8) is 0 Å². The van der Waals surface area contributed by atoms with Crippen molar-refractivity contribution in [3.8, 4) is 0 Å². The Labute approximate surface area is 99.5 Å². The molecule has 0 aliphatic carbocycles. The van der Waals surface area contributed by atoms with Gasteiger partial charge in [-0.25, -0.2) is 4.79 Å². The molecule has 0 amide bonds. The Bertz CT molecular complexity index is 214. The molecule has 16 heavy (non-hydrogen) atoms. The van der Waals surface area contributed by atoms with Crippen LogP contribution in [0.15, 0.2) is 12.2 Å². The van der Waals surface area contributed by atoms with Crippen molar-refractivity contribution >= 4 is 5.97 Å². The molecule has 0 radical (unpaired) electrons. The minimum atomic E-state index is -0.278. The molecule has 0 N–H and O–H groups in total. The maximum Gasteiger partial charge on any atom is 0.333 e. The van der Waals surface area contributed by atoms with Crippen molar-refractivity contribution in [2.24, 2.45) is 0 Å². The monoisotopic (exact) mass is 227 g/mol. The predicted octanol–water partition coefficient (Wildman–Crippen LogP) is 2.62. The summed E-state index contributed by atoms with van der Waals surface area (Å²) < 4.78 is 5.01. The quantitative estimate of drug-likeness (QED) is 0.344. The van der Waals surface area contributed by atoms with Gasteiger partial charge in [-0.3, -0.25) is 0 Å². The Kier molecular flexibility index (Phi) is 8.91. The summed E-state index contributed by atoms with van der Waals surface area (Å²) in [6, 6.07) is 0. The van der Waals surface area contributed by atoms with Gasteiger partial charge in [0.1, 0.15) is 0 Å². The van der Waals surface area contributed by atoms with Crippen LogP contribution in [0.3, 0.4) is 0 Å². The van der Waals surface area contributed by atoms with E-state index in [0.29, 0.717) is 12.2 Å². The summed E-state index contributed by atoms with van der Waals surface area (Å²) in [4.78, 5) is 13.4. The summed E-state index contributed by atoms with van der Waals surface area (Å²) in [7, 11) is 2.13. The second-order valence-electron chi connectivity index (χ2n) is 4.28. The minimum Gasteiger partial charge on any atom is -0.462 e. The number of rotatable bonds is 9. The van der Waals surface area contributed by atoms with Crippen molar-refractivity contribution in [2.45, 2.75) is 39.5 Å². The number of hydrogen-bond acceptors (Lipinski definition) is 3. The molecule has 0 fully saturated rings. The van der Waals surface area contributed by atoms with Crippen LogP contribution in [-0.2, 0) is 9.53 Å². The summed E-state index contributed by atoms with van der Waals surface area (Å²) in [6.07, 6.45) is 4.49. The van der Waals surface area contributed by atoms with Crippen LogP contribution in [0.1, 0.15) is 39.5 Å². The molecular weight excluding hydrogens is 202 g/mol. The van der Waals surface area contributed by atoms with Gasteiger partial charge in [-0.1, -0.05) is 19.9 Å². The first-order chi connectivity index (χ1) is 7.57. The summed E-state index contributed by atoms with van der Waals surface area (Å²) in [5.41, 5.74) is 0.472. The number of hydrogen-bond donors (Lipinski definition) is 0. The molecule has 0 aliphatic heterocycles. The van der Waals surface area contributed by atoms with Crippen LogP contribution in [0.25, 0.3) is 0 Å². The van der Waals surface area contributed by atoms with E-state index in [9.17, 15) is 4.79 Å². The van der Waals surface area contributed by atoms with Gasteiger partial charge in [-0.05, 0) is 46.3 Å². The summed E-state index contributed by atoms with van der Waals surface area (Å²) >= 11 is 0. The maximum atomic E-state index is 11.0. The molecule has 94 valence electrons. The van der Waals surface area contributed by atoms with Crippen LogP contribution in [0.4, 0.5) is 0 Å². The van der Waals surface area contributed by atoms with E-state index in [-0.39, 0.29) is 5.97 Å². The molecule has 0 atom stereocenters. The van der Waals surface area contributed by atoms with Crippen LogP contribution >= 0.6 is 0 Å². The summed E-state index contributed by atoms with van der Waals surface area (Å²) in [5.74, 6) is -0.278. The van der Waals surface area contributed by atoms with Crippen LogP contribution < -0.4 is 0 Å². The van der Waals surface area contributed by atoms with Crippen LogP contribution in [0.2, 0.25) is 0 Å². The van der Waals surface area contributed by atoms with E-state index < -0.39 is 0 Å². The van der Waals surface area contributed by atoms with E-state index >= 15 is 0 Å². The average molecular weight is 227 g/mol. The Morgan fingerprint density at radius 2 is 1.88 bits per heavy atom. The zero-order valence-electron chi connectivity index (χ0n) is 10.9. The topological polar surface area (TPSA) is 29.5 Å². The second kappa shape index (κ2) is 9.40. The zero-order valence-corrected chi connectivity index (χ0v) is 10.9. The standard InChI is InChI=1S/C13H25NO2/c1-5-6-9-14(4)10-7-8-11-16-13(15)12(2)3/h2,5-11H2,1,3-4H3. The van der Waals surface area contributed by atoms with E-state index in [1.54, 1.807) is 6.92 Å². The molecule has 0 aromatic heterocycles.